The summed E-state index contributed by atoms with van der Waals surface area (Å²) < 4.78 is 6.80. The van der Waals surface area contributed by atoms with Crippen LogP contribution < -0.4 is 10.3 Å². The molecule has 0 unspecified atom stereocenters. The molecule has 0 spiro atoms. The van der Waals surface area contributed by atoms with Gasteiger partial charge in [0.25, 0.3) is 0 Å². The second-order valence-electron chi connectivity index (χ2n) is 5.31. The molecule has 1 aromatic carbocycles. The lowest BCUT2D eigenvalue weighted by Crippen LogP contribution is -2.26. The van der Waals surface area contributed by atoms with Gasteiger partial charge >= 0.3 is 5.56 Å². The number of nitrogens with zero attached hydrogens (tertiary/aromatic N) is 3. The minimum Gasteiger partial charge on any atom is -0.491 e. The van der Waals surface area contributed by atoms with Crippen LogP contribution in [0.5, 0.6) is 5.75 Å². The standard InChI is InChI=1S/C17H17N3O2/c1-11(2)20-17(21)16(22-3)14(10-19-20)12-8-9-18-15-7-5-4-6-13(12)15/h4-11H,1-3H3. The van der Waals surface area contributed by atoms with Crippen LogP contribution in [0, 0.1) is 0 Å². The van der Waals surface area contributed by atoms with Crippen molar-refractivity contribution in [2.75, 3.05) is 7.11 Å². The number of hydrogen-bond acceptors (Lipinski definition) is 4. The lowest BCUT2D eigenvalue weighted by molar-refractivity contribution is 0.391. The summed E-state index contributed by atoms with van der Waals surface area (Å²) in [7, 11) is 1.51. The summed E-state index contributed by atoms with van der Waals surface area (Å²) in [6, 6.07) is 9.65. The second kappa shape index (κ2) is 5.60. The molecule has 0 saturated heterocycles. The molecule has 5 nitrogen and oxygen atoms in total. The van der Waals surface area contributed by atoms with Crippen LogP contribution in [0.1, 0.15) is 19.9 Å². The molecule has 0 atom stereocenters. The van der Waals surface area contributed by atoms with Crippen LogP contribution in [0.4, 0.5) is 0 Å². The molecule has 22 heavy (non-hydrogen) atoms. The Morgan fingerprint density at radius 1 is 1.14 bits per heavy atom. The van der Waals surface area contributed by atoms with Gasteiger partial charge in [-0.05, 0) is 31.5 Å². The van der Waals surface area contributed by atoms with Crippen molar-refractivity contribution in [2.24, 2.45) is 0 Å². The molecule has 3 rings (SSSR count). The van der Waals surface area contributed by atoms with Crippen molar-refractivity contribution in [1.82, 2.24) is 14.8 Å². The van der Waals surface area contributed by atoms with Gasteiger partial charge < -0.3 is 4.74 Å². The first kappa shape index (κ1) is 14.3. The summed E-state index contributed by atoms with van der Waals surface area (Å²) in [4.78, 5) is 16.9. The Balaban J connectivity index is 2.32. The maximum absolute atomic E-state index is 12.5. The van der Waals surface area contributed by atoms with E-state index in [9.17, 15) is 4.79 Å². The van der Waals surface area contributed by atoms with Crippen molar-refractivity contribution in [3.8, 4) is 16.9 Å². The molecular formula is C17H17N3O2. The first-order valence-corrected chi connectivity index (χ1v) is 7.13. The highest BCUT2D eigenvalue weighted by molar-refractivity contribution is 5.95. The lowest BCUT2D eigenvalue weighted by Gasteiger charge is -2.14. The first-order chi connectivity index (χ1) is 10.6. The van der Waals surface area contributed by atoms with Gasteiger partial charge in [-0.15, -0.1) is 0 Å². The fourth-order valence-corrected chi connectivity index (χ4v) is 2.54. The molecular weight excluding hydrogens is 278 g/mol. The monoisotopic (exact) mass is 295 g/mol. The first-order valence-electron chi connectivity index (χ1n) is 7.13. The third-order valence-electron chi connectivity index (χ3n) is 3.59. The van der Waals surface area contributed by atoms with E-state index in [1.807, 2.05) is 44.2 Å². The molecule has 0 bridgehead atoms. The van der Waals surface area contributed by atoms with E-state index in [0.29, 0.717) is 11.3 Å². The maximum atomic E-state index is 12.5. The van der Waals surface area contributed by atoms with Gasteiger partial charge in [-0.2, -0.15) is 5.10 Å². The Hall–Kier alpha value is -2.69. The number of para-hydroxylation sites is 1. The zero-order valence-corrected chi connectivity index (χ0v) is 12.8. The SMILES string of the molecule is COc1c(-c2ccnc3ccccc23)cnn(C(C)C)c1=O. The molecule has 0 aliphatic heterocycles. The third-order valence-corrected chi connectivity index (χ3v) is 3.59. The topological polar surface area (TPSA) is 57.0 Å². The van der Waals surface area contributed by atoms with E-state index >= 15 is 0 Å². The number of fused-ring (bicyclic) bond motifs is 1. The van der Waals surface area contributed by atoms with E-state index in [1.54, 1.807) is 12.4 Å². The Kier molecular flexibility index (Phi) is 3.63. The van der Waals surface area contributed by atoms with Crippen LogP contribution in [-0.2, 0) is 0 Å². The molecule has 5 heteroatoms. The molecule has 2 aromatic heterocycles. The summed E-state index contributed by atoms with van der Waals surface area (Å²) in [5.41, 5.74) is 2.22. The van der Waals surface area contributed by atoms with E-state index in [2.05, 4.69) is 10.1 Å². The fourth-order valence-electron chi connectivity index (χ4n) is 2.54. The fraction of sp³-hybridized carbons (Fsp3) is 0.235. The molecule has 2 heterocycles. The van der Waals surface area contributed by atoms with Crippen LogP contribution in [0.25, 0.3) is 22.0 Å². The lowest BCUT2D eigenvalue weighted by atomic mass is 10.0. The smallest absolute Gasteiger partial charge is 0.309 e. The highest BCUT2D eigenvalue weighted by atomic mass is 16.5. The summed E-state index contributed by atoms with van der Waals surface area (Å²) in [6.45, 7) is 3.82. The Morgan fingerprint density at radius 2 is 1.91 bits per heavy atom. The average molecular weight is 295 g/mol. The normalized spacial score (nSPS) is 11.1. The van der Waals surface area contributed by atoms with Crippen LogP contribution in [0.2, 0.25) is 0 Å². The third kappa shape index (κ3) is 2.24. The van der Waals surface area contributed by atoms with E-state index in [0.717, 1.165) is 16.5 Å². The van der Waals surface area contributed by atoms with E-state index in [-0.39, 0.29) is 11.6 Å². The highest BCUT2D eigenvalue weighted by Crippen LogP contribution is 2.31. The number of benzene rings is 1. The van der Waals surface area contributed by atoms with E-state index in [4.69, 9.17) is 4.74 Å². The number of aromatic nitrogens is 3. The maximum Gasteiger partial charge on any atom is 0.309 e. The number of hydrogen-bond donors (Lipinski definition) is 0. The van der Waals surface area contributed by atoms with Crippen LogP contribution in [0.15, 0.2) is 47.5 Å². The summed E-state index contributed by atoms with van der Waals surface area (Å²) >= 11 is 0. The molecule has 0 aliphatic carbocycles. The van der Waals surface area contributed by atoms with Gasteiger partial charge in [-0.25, -0.2) is 4.68 Å². The predicted molar refractivity (Wildman–Crippen MR) is 86.2 cm³/mol. The van der Waals surface area contributed by atoms with Crippen LogP contribution in [-0.4, -0.2) is 21.9 Å². The summed E-state index contributed by atoms with van der Waals surface area (Å²) in [5.74, 6) is 0.306. The molecule has 0 aliphatic rings. The van der Waals surface area contributed by atoms with E-state index in [1.165, 1.54) is 11.8 Å². The number of pyridine rings is 1. The molecule has 0 saturated carbocycles. The Bertz CT molecular complexity index is 879. The minimum atomic E-state index is -0.226. The molecule has 0 amide bonds. The minimum absolute atomic E-state index is 0.0235. The predicted octanol–water partition coefficient (Wildman–Crippen LogP) is 3.05. The zero-order chi connectivity index (χ0) is 15.7. The second-order valence-corrected chi connectivity index (χ2v) is 5.31. The number of ether oxygens (including phenoxy) is 1. The zero-order valence-electron chi connectivity index (χ0n) is 12.8. The molecule has 112 valence electrons. The van der Waals surface area contributed by atoms with Crippen molar-refractivity contribution in [2.45, 2.75) is 19.9 Å². The van der Waals surface area contributed by atoms with Gasteiger partial charge in [-0.1, -0.05) is 18.2 Å². The van der Waals surface area contributed by atoms with Crippen molar-refractivity contribution >= 4 is 10.9 Å². The van der Waals surface area contributed by atoms with Crippen LogP contribution in [0.3, 0.4) is 0 Å². The summed E-state index contributed by atoms with van der Waals surface area (Å²) in [5, 5.41) is 5.24. The van der Waals surface area contributed by atoms with Gasteiger partial charge in [-0.3, -0.25) is 9.78 Å². The van der Waals surface area contributed by atoms with Gasteiger partial charge in [0.1, 0.15) is 0 Å². The molecule has 0 N–H and O–H groups in total. The molecule has 0 fully saturated rings. The van der Waals surface area contributed by atoms with Crippen molar-refractivity contribution < 1.29 is 4.74 Å². The highest BCUT2D eigenvalue weighted by Gasteiger charge is 2.16. The van der Waals surface area contributed by atoms with Crippen LogP contribution >= 0.6 is 0 Å². The molecule has 3 aromatic rings. The average Bonchev–Trinajstić information content (AvgIpc) is 2.53. The van der Waals surface area contributed by atoms with Gasteiger partial charge in [0.15, 0.2) is 5.75 Å². The van der Waals surface area contributed by atoms with Gasteiger partial charge in [0, 0.05) is 11.6 Å². The van der Waals surface area contributed by atoms with Crippen molar-refractivity contribution in [3.63, 3.8) is 0 Å². The Morgan fingerprint density at radius 3 is 2.64 bits per heavy atom. The van der Waals surface area contributed by atoms with E-state index < -0.39 is 0 Å². The largest absolute Gasteiger partial charge is 0.491 e. The van der Waals surface area contributed by atoms with Gasteiger partial charge in [0.2, 0.25) is 0 Å². The van der Waals surface area contributed by atoms with Crippen molar-refractivity contribution in [3.05, 3.63) is 53.1 Å². The quantitative estimate of drug-likeness (QED) is 0.745. The van der Waals surface area contributed by atoms with Crippen molar-refractivity contribution in [1.29, 1.82) is 0 Å². The number of methoxy groups -OCH3 is 1. The number of rotatable bonds is 3. The molecule has 0 radical (unpaired) electrons. The Labute approximate surface area is 128 Å². The van der Waals surface area contributed by atoms with Gasteiger partial charge in [0.05, 0.1) is 30.4 Å². The summed E-state index contributed by atoms with van der Waals surface area (Å²) in [6.07, 6.45) is 3.41.